The molecule has 1 unspecified atom stereocenters. The maximum absolute atomic E-state index is 14.2. The van der Waals surface area contributed by atoms with Crippen molar-refractivity contribution in [3.05, 3.63) is 24.0 Å². The Hall–Kier alpha value is -1.71. The number of halogens is 1. The summed E-state index contributed by atoms with van der Waals surface area (Å²) in [5.74, 6) is -1.98. The Morgan fingerprint density at radius 3 is 2.73 bits per heavy atom. The predicted octanol–water partition coefficient (Wildman–Crippen LogP) is 2.02. The minimum absolute atomic E-state index is 0.0223. The molecule has 0 radical (unpaired) electrons. The van der Waals surface area contributed by atoms with Gasteiger partial charge in [0, 0.05) is 12.5 Å². The summed E-state index contributed by atoms with van der Waals surface area (Å²) in [6.45, 7) is 5.07. The van der Waals surface area contributed by atoms with Gasteiger partial charge in [0.1, 0.15) is 6.04 Å². The summed E-state index contributed by atoms with van der Waals surface area (Å²) in [6.07, 6.45) is 0.964. The van der Waals surface area contributed by atoms with Gasteiger partial charge in [0.05, 0.1) is 18.1 Å². The summed E-state index contributed by atoms with van der Waals surface area (Å²) in [6, 6.07) is 1.98. The van der Waals surface area contributed by atoms with Crippen molar-refractivity contribution in [1.29, 1.82) is 0 Å². The fourth-order valence-electron chi connectivity index (χ4n) is 2.61. The molecule has 0 spiro atoms. The highest BCUT2D eigenvalue weighted by atomic mass is 32.2. The molecular weight excluding hydrogens is 365 g/mol. The molecule has 9 heteroatoms. The number of hydrogen-bond acceptors (Lipinski definition) is 5. The number of benzene rings is 1. The van der Waals surface area contributed by atoms with E-state index in [1.54, 1.807) is 13.8 Å². The summed E-state index contributed by atoms with van der Waals surface area (Å²) < 4.78 is 51.6. The van der Waals surface area contributed by atoms with E-state index in [1.165, 1.54) is 12.1 Å². The Morgan fingerprint density at radius 1 is 1.46 bits per heavy atom. The zero-order valence-electron chi connectivity index (χ0n) is 14.8. The van der Waals surface area contributed by atoms with Crippen LogP contribution >= 0.6 is 0 Å². The van der Waals surface area contributed by atoms with Crippen molar-refractivity contribution in [2.24, 2.45) is 11.8 Å². The second kappa shape index (κ2) is 8.79. The SMILES string of the molecule is CC(C)C[C@@H](NS(=O)(=O)c1ccc(OCC2CCOC2)c(F)c1)C(=O)O. The molecule has 0 aliphatic carbocycles. The van der Waals surface area contributed by atoms with Crippen LogP contribution in [0.1, 0.15) is 26.7 Å². The van der Waals surface area contributed by atoms with Gasteiger partial charge in [0.15, 0.2) is 11.6 Å². The fraction of sp³-hybridized carbons (Fsp3) is 0.588. The van der Waals surface area contributed by atoms with Crippen LogP contribution < -0.4 is 9.46 Å². The molecule has 1 fully saturated rings. The quantitative estimate of drug-likeness (QED) is 0.670. The third-order valence-electron chi connectivity index (χ3n) is 4.01. The van der Waals surface area contributed by atoms with Crippen molar-refractivity contribution in [3.63, 3.8) is 0 Å². The van der Waals surface area contributed by atoms with Gasteiger partial charge in [0.25, 0.3) is 0 Å². The molecule has 7 nitrogen and oxygen atoms in total. The Balaban J connectivity index is 2.08. The van der Waals surface area contributed by atoms with Crippen LogP contribution in [0.4, 0.5) is 4.39 Å². The first-order chi connectivity index (χ1) is 12.2. The molecular formula is C17H24FNO6S. The van der Waals surface area contributed by atoms with Crippen LogP contribution in [0.5, 0.6) is 5.75 Å². The number of carboxylic acid groups (broad SMARTS) is 1. The first-order valence-corrected chi connectivity index (χ1v) is 9.92. The molecule has 1 aliphatic rings. The molecule has 1 heterocycles. The normalized spacial score (nSPS) is 18.8. The number of hydrogen-bond donors (Lipinski definition) is 2. The first kappa shape index (κ1) is 20.6. The summed E-state index contributed by atoms with van der Waals surface area (Å²) in [7, 11) is -4.17. The van der Waals surface area contributed by atoms with E-state index in [4.69, 9.17) is 9.47 Å². The van der Waals surface area contributed by atoms with Gasteiger partial charge in [-0.25, -0.2) is 12.8 Å². The molecule has 0 amide bonds. The van der Waals surface area contributed by atoms with Gasteiger partial charge >= 0.3 is 5.97 Å². The van der Waals surface area contributed by atoms with Crippen LogP contribution in [0, 0.1) is 17.7 Å². The van der Waals surface area contributed by atoms with Crippen molar-refractivity contribution in [1.82, 2.24) is 4.72 Å². The highest BCUT2D eigenvalue weighted by Gasteiger charge is 2.27. The van der Waals surface area contributed by atoms with E-state index in [0.717, 1.165) is 12.5 Å². The summed E-state index contributed by atoms with van der Waals surface area (Å²) in [5, 5.41) is 9.17. The van der Waals surface area contributed by atoms with Crippen LogP contribution in [-0.2, 0) is 19.6 Å². The summed E-state index contributed by atoms with van der Waals surface area (Å²) in [4.78, 5) is 10.9. The van der Waals surface area contributed by atoms with Crippen LogP contribution in [0.2, 0.25) is 0 Å². The second-order valence-corrected chi connectivity index (χ2v) is 8.49. The second-order valence-electron chi connectivity index (χ2n) is 6.77. The molecule has 1 aromatic rings. The predicted molar refractivity (Wildman–Crippen MR) is 92.0 cm³/mol. The van der Waals surface area contributed by atoms with Gasteiger partial charge in [-0.05, 0) is 37.0 Å². The minimum atomic E-state index is -4.17. The number of ether oxygens (including phenoxy) is 2. The lowest BCUT2D eigenvalue weighted by Gasteiger charge is -2.17. The molecule has 1 aliphatic heterocycles. The van der Waals surface area contributed by atoms with Crippen molar-refractivity contribution in [3.8, 4) is 5.75 Å². The number of carboxylic acids is 1. The highest BCUT2D eigenvalue weighted by Crippen LogP contribution is 2.23. The van der Waals surface area contributed by atoms with Gasteiger partial charge in [-0.3, -0.25) is 4.79 Å². The van der Waals surface area contributed by atoms with E-state index in [9.17, 15) is 22.7 Å². The molecule has 2 N–H and O–H groups in total. The number of nitrogens with one attached hydrogen (secondary N) is 1. The molecule has 146 valence electrons. The average Bonchev–Trinajstić information content (AvgIpc) is 3.05. The van der Waals surface area contributed by atoms with Crippen molar-refractivity contribution in [2.45, 2.75) is 37.6 Å². The third kappa shape index (κ3) is 5.65. The van der Waals surface area contributed by atoms with Gasteiger partial charge in [-0.1, -0.05) is 13.8 Å². The smallest absolute Gasteiger partial charge is 0.321 e. The van der Waals surface area contributed by atoms with Crippen LogP contribution in [0.25, 0.3) is 0 Å². The number of carbonyl (C=O) groups is 1. The molecule has 1 saturated heterocycles. The molecule has 0 saturated carbocycles. The number of sulfonamides is 1. The highest BCUT2D eigenvalue weighted by molar-refractivity contribution is 7.89. The van der Waals surface area contributed by atoms with E-state index >= 15 is 0 Å². The first-order valence-electron chi connectivity index (χ1n) is 8.44. The van der Waals surface area contributed by atoms with Crippen molar-refractivity contribution in [2.75, 3.05) is 19.8 Å². The van der Waals surface area contributed by atoms with Crippen LogP contribution in [-0.4, -0.2) is 45.4 Å². The Labute approximate surface area is 152 Å². The zero-order chi connectivity index (χ0) is 19.3. The maximum atomic E-state index is 14.2. The summed E-state index contributed by atoms with van der Waals surface area (Å²) >= 11 is 0. The molecule has 2 atom stereocenters. The largest absolute Gasteiger partial charge is 0.490 e. The fourth-order valence-corrected chi connectivity index (χ4v) is 3.83. The topological polar surface area (TPSA) is 102 Å². The molecule has 2 rings (SSSR count). The Kier molecular flexibility index (Phi) is 6.96. The number of aliphatic carboxylic acids is 1. The van der Waals surface area contributed by atoms with E-state index in [1.807, 2.05) is 0 Å². The summed E-state index contributed by atoms with van der Waals surface area (Å²) in [5.41, 5.74) is 0. The van der Waals surface area contributed by atoms with E-state index in [0.29, 0.717) is 13.2 Å². The van der Waals surface area contributed by atoms with Crippen molar-refractivity contribution < 1.29 is 32.2 Å². The molecule has 26 heavy (non-hydrogen) atoms. The van der Waals surface area contributed by atoms with E-state index in [-0.39, 0.29) is 35.5 Å². The van der Waals surface area contributed by atoms with Gasteiger partial charge < -0.3 is 14.6 Å². The molecule has 0 bridgehead atoms. The zero-order valence-corrected chi connectivity index (χ0v) is 15.6. The minimum Gasteiger partial charge on any atom is -0.490 e. The van der Waals surface area contributed by atoms with Gasteiger partial charge in [-0.15, -0.1) is 0 Å². The molecule has 0 aromatic heterocycles. The van der Waals surface area contributed by atoms with Gasteiger partial charge in [0.2, 0.25) is 10.0 Å². The number of rotatable bonds is 9. The lowest BCUT2D eigenvalue weighted by Crippen LogP contribution is -2.41. The standard InChI is InChI=1S/C17H24FNO6S/c1-11(2)7-15(17(20)21)19-26(22,23)13-3-4-16(14(18)8-13)25-10-12-5-6-24-9-12/h3-4,8,11-12,15,19H,5-7,9-10H2,1-2H3,(H,20,21)/t12?,15-/m1/s1. The molecule has 1 aromatic carbocycles. The van der Waals surface area contributed by atoms with Crippen molar-refractivity contribution >= 4 is 16.0 Å². The monoisotopic (exact) mass is 389 g/mol. The lowest BCUT2D eigenvalue weighted by molar-refractivity contribution is -0.139. The van der Waals surface area contributed by atoms with Gasteiger partial charge in [-0.2, -0.15) is 4.72 Å². The maximum Gasteiger partial charge on any atom is 0.321 e. The van der Waals surface area contributed by atoms with Crippen LogP contribution in [0.15, 0.2) is 23.1 Å². The lowest BCUT2D eigenvalue weighted by atomic mass is 10.1. The third-order valence-corrected chi connectivity index (χ3v) is 5.48. The Bertz CT molecular complexity index is 731. The van der Waals surface area contributed by atoms with E-state index < -0.39 is 27.9 Å². The van der Waals surface area contributed by atoms with Crippen LogP contribution in [0.3, 0.4) is 0 Å². The Morgan fingerprint density at radius 2 is 2.19 bits per heavy atom. The van der Waals surface area contributed by atoms with E-state index in [2.05, 4.69) is 4.72 Å². The average molecular weight is 389 g/mol.